The van der Waals surface area contributed by atoms with E-state index in [0.717, 1.165) is 31.6 Å². The number of nitrogens with two attached hydrogens (primary N) is 1. The molecule has 12 heteroatoms. The standard InChI is InChI=1S/C13H13N.C8H11N.C7H15N.C6H16N2.C5H7NO.C5H13N.C4H11N.C3H9N.C2H7N.CH5N/c1-14(12-8-4-2-5-9-12)13-10-6-3-7-11-13;1-9(2)8-6-4-3-5-7-8;1-8-7-5-3-2-4-6-7;1-6(2)8(5)7(3)4;1-6-5-3-2-4-7-5;1-4-6(3)5-2;1-4-5(2)3;1-4(2)3;1-3-2;1-2/h2-11H,1H3;3-7H,1-2H3;7-8H,2-6H2,1H3;6H,1-5H3;2-4,6H,1H3;4-5H2,1-3H3;4H2,1-3H3;1-3H3;3H,1-2H3;2H2,1H3. The number of hydrogen-bond acceptors (Lipinski definition) is 12. The molecule has 0 amide bonds. The fraction of sp³-hybridized carbons (Fsp3) is 0.593. The highest BCUT2D eigenvalue weighted by Gasteiger charge is 2.09. The third kappa shape index (κ3) is 49.5. The number of nitrogens with one attached hydrogen (secondary N) is 3. The van der Waals surface area contributed by atoms with Crippen LogP contribution in [0.5, 0.6) is 0 Å². The topological polar surface area (TPSA) is 97.9 Å². The van der Waals surface area contributed by atoms with E-state index < -0.39 is 0 Å². The minimum atomic E-state index is 0.602. The fourth-order valence-corrected chi connectivity index (χ4v) is 4.68. The third-order valence-corrected chi connectivity index (χ3v) is 9.43. The maximum absolute atomic E-state index is 4.87. The molecule has 3 aromatic carbocycles. The predicted octanol–water partition coefficient (Wildman–Crippen LogP) is 9.98. The van der Waals surface area contributed by atoms with Crippen molar-refractivity contribution in [3.63, 3.8) is 0 Å². The number of hydrogen-bond donors (Lipinski definition) is 4. The Morgan fingerprint density at radius 1 is 0.561 bits per heavy atom. The number of nitrogens with zero attached hydrogens (tertiary/aromatic N) is 7. The Labute approximate surface area is 409 Å². The molecule has 1 saturated carbocycles. The largest absolute Gasteiger partial charge is 0.449 e. The zero-order chi connectivity index (χ0) is 51.7. The summed E-state index contributed by atoms with van der Waals surface area (Å²) in [5.41, 5.74) is 8.16. The average Bonchev–Trinajstić information content (AvgIpc) is 3.88. The molecule has 1 aliphatic rings. The van der Waals surface area contributed by atoms with E-state index in [1.807, 2.05) is 118 Å². The van der Waals surface area contributed by atoms with Crippen molar-refractivity contribution in [3.05, 3.63) is 109 Å². The van der Waals surface area contributed by atoms with Crippen molar-refractivity contribution in [3.8, 4) is 0 Å². The Hall–Kier alpha value is -3.98. The Kier molecular flexibility index (Phi) is 56.0. The lowest BCUT2D eigenvalue weighted by molar-refractivity contribution is 0.0244. The molecule has 66 heavy (non-hydrogen) atoms. The molecular weight excluding hydrogens is 819 g/mol. The first kappa shape index (κ1) is 71.0. The summed E-state index contributed by atoms with van der Waals surface area (Å²) in [5.74, 6) is 0.806. The molecule has 0 unspecified atom stereocenters. The zero-order valence-corrected chi connectivity index (χ0v) is 46.8. The van der Waals surface area contributed by atoms with Crippen LogP contribution >= 0.6 is 0 Å². The summed E-state index contributed by atoms with van der Waals surface area (Å²) in [6.07, 6.45) is 8.76. The minimum Gasteiger partial charge on any atom is -0.449 e. The van der Waals surface area contributed by atoms with Gasteiger partial charge in [-0.15, -0.1) is 0 Å². The summed E-state index contributed by atoms with van der Waals surface area (Å²) in [5, 5.41) is 13.1. The monoisotopic (exact) mass is 926 g/mol. The van der Waals surface area contributed by atoms with Crippen molar-refractivity contribution in [2.24, 2.45) is 5.73 Å². The van der Waals surface area contributed by atoms with Gasteiger partial charge in [-0.1, -0.05) is 94.6 Å². The number of hydrazine groups is 1. The molecule has 1 fully saturated rings. The summed E-state index contributed by atoms with van der Waals surface area (Å²) < 4.78 is 4.87. The van der Waals surface area contributed by atoms with Gasteiger partial charge in [0.15, 0.2) is 5.88 Å². The maximum Gasteiger partial charge on any atom is 0.192 e. The molecule has 12 nitrogen and oxygen atoms in total. The van der Waals surface area contributed by atoms with E-state index in [4.69, 9.17) is 4.42 Å². The van der Waals surface area contributed by atoms with Crippen molar-refractivity contribution in [1.29, 1.82) is 0 Å². The number of rotatable bonds is 10. The van der Waals surface area contributed by atoms with Crippen molar-refractivity contribution in [2.75, 3.05) is 155 Å². The Balaban J connectivity index is -0.000000217. The Morgan fingerprint density at radius 3 is 1.09 bits per heavy atom. The van der Waals surface area contributed by atoms with Crippen molar-refractivity contribution in [2.45, 2.75) is 78.8 Å². The molecule has 0 aliphatic heterocycles. The molecule has 0 radical (unpaired) electrons. The van der Waals surface area contributed by atoms with Crippen LogP contribution in [0.15, 0.2) is 114 Å². The van der Waals surface area contributed by atoms with Gasteiger partial charge in [-0.3, -0.25) is 0 Å². The smallest absolute Gasteiger partial charge is 0.192 e. The number of furan rings is 1. The van der Waals surface area contributed by atoms with Gasteiger partial charge in [-0.05, 0) is 159 Å². The molecule has 1 heterocycles. The van der Waals surface area contributed by atoms with Gasteiger partial charge in [-0.25, -0.2) is 10.0 Å². The van der Waals surface area contributed by atoms with Crippen LogP contribution in [0, 0.1) is 0 Å². The van der Waals surface area contributed by atoms with Crippen LogP contribution < -0.4 is 31.5 Å². The van der Waals surface area contributed by atoms with Gasteiger partial charge in [0.05, 0.1) is 6.26 Å². The van der Waals surface area contributed by atoms with Crippen molar-refractivity contribution < 1.29 is 4.42 Å². The van der Waals surface area contributed by atoms with Gasteiger partial charge in [0.2, 0.25) is 0 Å². The number of para-hydroxylation sites is 3. The third-order valence-electron chi connectivity index (χ3n) is 9.43. The van der Waals surface area contributed by atoms with E-state index >= 15 is 0 Å². The molecule has 5 N–H and O–H groups in total. The lowest BCUT2D eigenvalue weighted by Gasteiger charge is -2.27. The first-order valence-electron chi connectivity index (χ1n) is 23.8. The highest BCUT2D eigenvalue weighted by molar-refractivity contribution is 5.61. The van der Waals surface area contributed by atoms with E-state index in [2.05, 4.69) is 189 Å². The van der Waals surface area contributed by atoms with Crippen LogP contribution in [0.4, 0.5) is 22.9 Å². The molecular formula is C54H107N11O. The first-order chi connectivity index (χ1) is 31.3. The number of anilines is 4. The Bertz CT molecular complexity index is 1370. The minimum absolute atomic E-state index is 0.602. The van der Waals surface area contributed by atoms with Crippen LogP contribution in [0.1, 0.15) is 66.7 Å². The second-order valence-corrected chi connectivity index (χ2v) is 16.6. The van der Waals surface area contributed by atoms with E-state index in [-0.39, 0.29) is 0 Å². The molecule has 4 aromatic rings. The zero-order valence-electron chi connectivity index (χ0n) is 46.8. The molecule has 5 rings (SSSR count). The van der Waals surface area contributed by atoms with E-state index in [0.29, 0.717) is 6.04 Å². The molecule has 0 bridgehead atoms. The molecule has 0 spiro atoms. The van der Waals surface area contributed by atoms with Crippen LogP contribution in [-0.4, -0.2) is 176 Å². The van der Waals surface area contributed by atoms with Gasteiger partial charge in [0, 0.05) is 84.5 Å². The molecule has 1 aromatic heterocycles. The second kappa shape index (κ2) is 52.0. The SMILES string of the molecule is CC(C)N(C)N(C)C.CCN(C)C.CCN(C)CC.CN.CN(C)C.CN(C)c1ccccc1.CN(c1ccccc1)c1ccccc1.CNC.CNC1CCCCC1.CNc1ccco1. The van der Waals surface area contributed by atoms with Gasteiger partial charge in [-0.2, -0.15) is 0 Å². The van der Waals surface area contributed by atoms with Crippen molar-refractivity contribution >= 4 is 22.9 Å². The summed E-state index contributed by atoms with van der Waals surface area (Å²) in [6.45, 7) is 14.2. The van der Waals surface area contributed by atoms with Crippen LogP contribution in [0.2, 0.25) is 0 Å². The highest BCUT2D eigenvalue weighted by Crippen LogP contribution is 2.22. The van der Waals surface area contributed by atoms with Crippen molar-refractivity contribution in [1.82, 2.24) is 35.4 Å². The Morgan fingerprint density at radius 2 is 0.924 bits per heavy atom. The quantitative estimate of drug-likeness (QED) is 0.114. The maximum atomic E-state index is 4.87. The average molecular weight is 927 g/mol. The highest BCUT2D eigenvalue weighted by atomic mass is 16.3. The first-order valence-corrected chi connectivity index (χ1v) is 23.8. The molecule has 1 aliphatic carbocycles. The predicted molar refractivity (Wildman–Crippen MR) is 300 cm³/mol. The lowest BCUT2D eigenvalue weighted by Crippen LogP contribution is -2.38. The van der Waals surface area contributed by atoms with Gasteiger partial charge in [0.25, 0.3) is 0 Å². The van der Waals surface area contributed by atoms with E-state index in [9.17, 15) is 0 Å². The summed E-state index contributed by atoms with van der Waals surface area (Å²) in [4.78, 5) is 10.6. The summed E-state index contributed by atoms with van der Waals surface area (Å²) in [6, 6.07) is 36.1. The van der Waals surface area contributed by atoms with Crippen LogP contribution in [-0.2, 0) is 0 Å². The molecule has 0 saturated heterocycles. The van der Waals surface area contributed by atoms with Gasteiger partial charge < -0.3 is 50.6 Å². The van der Waals surface area contributed by atoms with E-state index in [1.54, 1.807) is 6.26 Å². The molecule has 384 valence electrons. The van der Waals surface area contributed by atoms with Crippen LogP contribution in [0.25, 0.3) is 0 Å². The second-order valence-electron chi connectivity index (χ2n) is 16.6. The van der Waals surface area contributed by atoms with Crippen LogP contribution in [0.3, 0.4) is 0 Å². The normalized spacial score (nSPS) is 11.1. The summed E-state index contributed by atoms with van der Waals surface area (Å²) >= 11 is 0. The lowest BCUT2D eigenvalue weighted by atomic mass is 9.96. The summed E-state index contributed by atoms with van der Waals surface area (Å²) in [7, 11) is 33.7. The van der Waals surface area contributed by atoms with Gasteiger partial charge in [0.1, 0.15) is 0 Å². The van der Waals surface area contributed by atoms with E-state index in [1.165, 1.54) is 56.2 Å². The molecule has 0 atom stereocenters. The number of benzene rings is 3. The fourth-order valence-electron chi connectivity index (χ4n) is 4.68. The van der Waals surface area contributed by atoms with Gasteiger partial charge >= 0.3 is 0 Å².